The van der Waals surface area contributed by atoms with Crippen molar-refractivity contribution < 1.29 is 22.0 Å². The van der Waals surface area contributed by atoms with E-state index >= 15 is 0 Å². The number of hydrogen-bond donors (Lipinski definition) is 1. The van der Waals surface area contributed by atoms with Crippen molar-refractivity contribution in [1.29, 1.82) is 0 Å². The summed E-state index contributed by atoms with van der Waals surface area (Å²) in [6.45, 7) is 4.55. The van der Waals surface area contributed by atoms with Gasteiger partial charge in [-0.25, -0.2) is 13.2 Å². The maximum Gasteiger partial charge on any atom is 0.341 e. The summed E-state index contributed by atoms with van der Waals surface area (Å²) in [6.07, 6.45) is 0. The van der Waals surface area contributed by atoms with Crippen LogP contribution < -0.4 is 5.32 Å². The van der Waals surface area contributed by atoms with Gasteiger partial charge in [-0.3, -0.25) is 0 Å². The first kappa shape index (κ1) is 16.4. The summed E-state index contributed by atoms with van der Waals surface area (Å²) in [7, 11) is -4.66. The molecule has 20 heavy (non-hydrogen) atoms. The predicted molar refractivity (Wildman–Crippen MR) is 71.6 cm³/mol. The summed E-state index contributed by atoms with van der Waals surface area (Å²) >= 11 is 0. The summed E-state index contributed by atoms with van der Waals surface area (Å²) in [4.78, 5) is 12.7. The molecule has 0 atom stereocenters. The fourth-order valence-corrected chi connectivity index (χ4v) is 2.33. The zero-order valence-corrected chi connectivity index (χ0v) is 12.0. The lowest BCUT2D eigenvalue weighted by Crippen LogP contribution is -2.34. The van der Waals surface area contributed by atoms with Crippen LogP contribution in [0.4, 0.5) is 19.3 Å². The van der Waals surface area contributed by atoms with Crippen molar-refractivity contribution in [2.75, 3.05) is 18.4 Å². The standard InChI is InChI=1S/C12H16F2N2O3S/c1-3-16(4-2)12(17)15-9-6-5-7-10(8-9)20(18,19)11(13)14/h5-8,11H,3-4H2,1-2H3,(H,15,17). The van der Waals surface area contributed by atoms with Gasteiger partial charge in [0.25, 0.3) is 0 Å². The first-order valence-electron chi connectivity index (χ1n) is 6.01. The smallest absolute Gasteiger partial charge is 0.325 e. The Morgan fingerprint density at radius 1 is 1.30 bits per heavy atom. The van der Waals surface area contributed by atoms with Crippen molar-refractivity contribution in [3.05, 3.63) is 24.3 Å². The van der Waals surface area contributed by atoms with Gasteiger partial charge in [0.05, 0.1) is 4.90 Å². The molecule has 1 rings (SSSR count). The third kappa shape index (κ3) is 3.66. The molecule has 2 amide bonds. The summed E-state index contributed by atoms with van der Waals surface area (Å²) in [5.74, 6) is -3.49. The van der Waals surface area contributed by atoms with Crippen molar-refractivity contribution in [2.45, 2.75) is 24.5 Å². The molecule has 1 aromatic rings. The Balaban J connectivity index is 2.98. The highest BCUT2D eigenvalue weighted by molar-refractivity contribution is 7.91. The molecule has 0 spiro atoms. The second-order valence-corrected chi connectivity index (χ2v) is 5.85. The molecular formula is C12H16F2N2O3S. The number of amides is 2. The first-order valence-corrected chi connectivity index (χ1v) is 7.55. The number of urea groups is 1. The van der Waals surface area contributed by atoms with Gasteiger partial charge in [0.1, 0.15) is 0 Å². The fourth-order valence-electron chi connectivity index (χ4n) is 1.57. The number of nitrogens with zero attached hydrogens (tertiary/aromatic N) is 1. The Kier molecular flexibility index (Phi) is 5.43. The van der Waals surface area contributed by atoms with E-state index in [1.54, 1.807) is 13.8 Å². The van der Waals surface area contributed by atoms with Gasteiger partial charge in [-0.05, 0) is 32.0 Å². The molecule has 0 aliphatic carbocycles. The van der Waals surface area contributed by atoms with E-state index < -0.39 is 26.5 Å². The Morgan fingerprint density at radius 3 is 2.40 bits per heavy atom. The monoisotopic (exact) mass is 306 g/mol. The number of halogens is 2. The number of nitrogens with one attached hydrogen (secondary N) is 1. The number of anilines is 1. The highest BCUT2D eigenvalue weighted by Gasteiger charge is 2.26. The zero-order valence-electron chi connectivity index (χ0n) is 11.1. The number of benzene rings is 1. The zero-order chi connectivity index (χ0) is 15.3. The van der Waals surface area contributed by atoms with E-state index in [1.165, 1.54) is 17.0 Å². The van der Waals surface area contributed by atoms with Crippen molar-refractivity contribution in [2.24, 2.45) is 0 Å². The van der Waals surface area contributed by atoms with Crippen LogP contribution in [-0.4, -0.2) is 38.2 Å². The normalized spacial score (nSPS) is 11.4. The van der Waals surface area contributed by atoms with E-state index in [4.69, 9.17) is 0 Å². The van der Waals surface area contributed by atoms with E-state index in [9.17, 15) is 22.0 Å². The maximum atomic E-state index is 12.4. The number of alkyl halides is 2. The van der Waals surface area contributed by atoms with E-state index in [0.717, 1.165) is 12.1 Å². The Labute approximate surface area is 116 Å². The van der Waals surface area contributed by atoms with Crippen molar-refractivity contribution in [3.63, 3.8) is 0 Å². The molecule has 8 heteroatoms. The third-order valence-corrected chi connectivity index (χ3v) is 4.08. The number of carbonyl (C=O) groups is 1. The second-order valence-electron chi connectivity index (χ2n) is 3.94. The molecule has 112 valence electrons. The van der Waals surface area contributed by atoms with Gasteiger partial charge in [0.2, 0.25) is 9.84 Å². The van der Waals surface area contributed by atoms with E-state index in [0.29, 0.717) is 13.1 Å². The Bertz CT molecular complexity index is 572. The van der Waals surface area contributed by atoms with E-state index in [-0.39, 0.29) is 5.69 Å². The van der Waals surface area contributed by atoms with Crippen LogP contribution in [-0.2, 0) is 9.84 Å². The predicted octanol–water partition coefficient (Wildman–Crippen LogP) is 2.56. The van der Waals surface area contributed by atoms with Gasteiger partial charge >= 0.3 is 11.8 Å². The fraction of sp³-hybridized carbons (Fsp3) is 0.417. The summed E-state index contributed by atoms with van der Waals surface area (Å²) < 4.78 is 47.6. The summed E-state index contributed by atoms with van der Waals surface area (Å²) in [5.41, 5.74) is 0.156. The molecule has 0 fully saturated rings. The third-order valence-electron chi connectivity index (χ3n) is 2.70. The minimum absolute atomic E-state index is 0.156. The highest BCUT2D eigenvalue weighted by Crippen LogP contribution is 2.21. The number of sulfone groups is 1. The van der Waals surface area contributed by atoms with Gasteiger partial charge in [-0.2, -0.15) is 8.78 Å². The topological polar surface area (TPSA) is 66.5 Å². The molecule has 0 aliphatic rings. The molecule has 0 saturated carbocycles. The summed E-state index contributed by atoms with van der Waals surface area (Å²) in [6, 6.07) is 4.40. The van der Waals surface area contributed by atoms with Gasteiger partial charge in [0.15, 0.2) is 0 Å². The van der Waals surface area contributed by atoms with Gasteiger partial charge in [0, 0.05) is 18.8 Å². The largest absolute Gasteiger partial charge is 0.341 e. The Hall–Kier alpha value is -1.70. The molecule has 0 saturated heterocycles. The van der Waals surface area contributed by atoms with Crippen LogP contribution in [0.1, 0.15) is 13.8 Å². The molecule has 1 aromatic carbocycles. The molecule has 0 unspecified atom stereocenters. The maximum absolute atomic E-state index is 12.4. The average molecular weight is 306 g/mol. The van der Waals surface area contributed by atoms with Crippen molar-refractivity contribution in [3.8, 4) is 0 Å². The van der Waals surface area contributed by atoms with Crippen LogP contribution in [0.5, 0.6) is 0 Å². The number of carbonyl (C=O) groups excluding carboxylic acids is 1. The average Bonchev–Trinajstić information content (AvgIpc) is 2.40. The van der Waals surface area contributed by atoms with Gasteiger partial charge < -0.3 is 10.2 Å². The highest BCUT2D eigenvalue weighted by atomic mass is 32.2. The lowest BCUT2D eigenvalue weighted by Gasteiger charge is -2.19. The van der Waals surface area contributed by atoms with Gasteiger partial charge in [-0.1, -0.05) is 6.07 Å². The number of hydrogen-bond acceptors (Lipinski definition) is 3. The molecule has 0 bridgehead atoms. The molecule has 1 N–H and O–H groups in total. The second kappa shape index (κ2) is 6.65. The minimum atomic E-state index is -4.66. The van der Waals surface area contributed by atoms with E-state index in [2.05, 4.69) is 5.32 Å². The lowest BCUT2D eigenvalue weighted by molar-refractivity contribution is 0.217. The molecular weight excluding hydrogens is 290 g/mol. The SMILES string of the molecule is CCN(CC)C(=O)Nc1cccc(S(=O)(=O)C(F)F)c1. The minimum Gasteiger partial charge on any atom is -0.325 e. The molecule has 0 heterocycles. The summed E-state index contributed by atoms with van der Waals surface area (Å²) in [5, 5.41) is 2.47. The van der Waals surface area contributed by atoms with Crippen LogP contribution in [0, 0.1) is 0 Å². The van der Waals surface area contributed by atoms with Crippen LogP contribution >= 0.6 is 0 Å². The molecule has 0 aromatic heterocycles. The van der Waals surface area contributed by atoms with Crippen molar-refractivity contribution in [1.82, 2.24) is 4.90 Å². The van der Waals surface area contributed by atoms with Crippen LogP contribution in [0.25, 0.3) is 0 Å². The molecule has 0 aliphatic heterocycles. The lowest BCUT2D eigenvalue weighted by atomic mass is 10.3. The quantitative estimate of drug-likeness (QED) is 0.909. The first-order chi connectivity index (χ1) is 9.32. The van der Waals surface area contributed by atoms with Crippen LogP contribution in [0.15, 0.2) is 29.2 Å². The van der Waals surface area contributed by atoms with Crippen molar-refractivity contribution >= 4 is 21.6 Å². The van der Waals surface area contributed by atoms with Crippen LogP contribution in [0.2, 0.25) is 0 Å². The Morgan fingerprint density at radius 2 is 1.90 bits per heavy atom. The molecule has 0 radical (unpaired) electrons. The number of rotatable bonds is 5. The van der Waals surface area contributed by atoms with Gasteiger partial charge in [-0.15, -0.1) is 0 Å². The van der Waals surface area contributed by atoms with Crippen LogP contribution in [0.3, 0.4) is 0 Å². The molecule has 5 nitrogen and oxygen atoms in total. The van der Waals surface area contributed by atoms with E-state index in [1.807, 2.05) is 0 Å².